The summed E-state index contributed by atoms with van der Waals surface area (Å²) in [6, 6.07) is 32.8. The van der Waals surface area contributed by atoms with Gasteiger partial charge in [-0.1, -0.05) is 82.3 Å². The number of phenols is 1. The molecule has 44 heavy (non-hydrogen) atoms. The number of aromatic hydroxyl groups is 1. The molecule has 8 aromatic rings. The number of fused-ring (bicyclic) bond motifs is 6. The lowest BCUT2D eigenvalue weighted by atomic mass is 9.60. The van der Waals surface area contributed by atoms with Gasteiger partial charge in [0.2, 0.25) is 5.88 Å². The monoisotopic (exact) mass is 574 g/mol. The first-order chi connectivity index (χ1) is 21.3. The van der Waals surface area contributed by atoms with Gasteiger partial charge in [-0.25, -0.2) is 4.98 Å². The topological polar surface area (TPSA) is 64.6 Å². The van der Waals surface area contributed by atoms with Crippen molar-refractivity contribution in [2.75, 3.05) is 0 Å². The molecular formula is C38H30N4O2. The van der Waals surface area contributed by atoms with E-state index in [0.29, 0.717) is 17.3 Å². The fourth-order valence-corrected chi connectivity index (χ4v) is 7.40. The van der Waals surface area contributed by atoms with Gasteiger partial charge in [0.1, 0.15) is 17.1 Å². The normalized spacial score (nSPS) is 15.3. The van der Waals surface area contributed by atoms with E-state index in [0.717, 1.165) is 55.0 Å². The van der Waals surface area contributed by atoms with E-state index in [9.17, 15) is 5.11 Å². The summed E-state index contributed by atoms with van der Waals surface area (Å²) in [5.74, 6) is 1.44. The largest absolute Gasteiger partial charge is 0.507 e. The molecule has 0 amide bonds. The molecule has 214 valence electrons. The lowest BCUT2D eigenvalue weighted by molar-refractivity contribution is 0.279. The molecule has 0 saturated heterocycles. The molecule has 4 aromatic carbocycles. The Kier molecular flexibility index (Phi) is 4.79. The van der Waals surface area contributed by atoms with E-state index in [2.05, 4.69) is 103 Å². The smallest absolute Gasteiger partial charge is 0.242 e. The van der Waals surface area contributed by atoms with E-state index in [1.165, 1.54) is 5.56 Å². The van der Waals surface area contributed by atoms with Crippen LogP contribution in [0.15, 0.2) is 103 Å². The van der Waals surface area contributed by atoms with Crippen LogP contribution in [0.2, 0.25) is 0 Å². The number of imidazole rings is 1. The summed E-state index contributed by atoms with van der Waals surface area (Å²) in [5.41, 5.74) is 6.44. The predicted octanol–water partition coefficient (Wildman–Crippen LogP) is 9.20. The van der Waals surface area contributed by atoms with Gasteiger partial charge in [-0.2, -0.15) is 4.98 Å². The van der Waals surface area contributed by atoms with Gasteiger partial charge in [0.15, 0.2) is 5.65 Å². The lowest BCUT2D eigenvalue weighted by Crippen LogP contribution is -2.44. The van der Waals surface area contributed by atoms with E-state index in [4.69, 9.17) is 14.7 Å². The highest BCUT2D eigenvalue weighted by Crippen LogP contribution is 2.54. The number of benzene rings is 4. The summed E-state index contributed by atoms with van der Waals surface area (Å²) in [4.78, 5) is 9.92. The Morgan fingerprint density at radius 3 is 2.34 bits per heavy atom. The van der Waals surface area contributed by atoms with Crippen molar-refractivity contribution in [1.82, 2.24) is 18.9 Å². The average molecular weight is 575 g/mol. The van der Waals surface area contributed by atoms with Crippen LogP contribution in [0.3, 0.4) is 0 Å². The van der Waals surface area contributed by atoms with Crippen molar-refractivity contribution in [2.45, 2.75) is 38.5 Å². The third-order valence-electron chi connectivity index (χ3n) is 10.2. The summed E-state index contributed by atoms with van der Waals surface area (Å²) in [6.45, 7) is 9.13. The highest BCUT2D eigenvalue weighted by Gasteiger charge is 2.48. The summed E-state index contributed by atoms with van der Waals surface area (Å²) >= 11 is 0. The third-order valence-corrected chi connectivity index (χ3v) is 10.2. The first kappa shape index (κ1) is 25.2. The van der Waals surface area contributed by atoms with Crippen LogP contribution in [0.4, 0.5) is 0 Å². The third kappa shape index (κ3) is 3.04. The SMILES string of the molecule is CC1(C)c2cccc3c4cccc(O)c4c4nc(Oc5cccc(-n6c7ccccc7c7cccnc76)c5)c(n4c23)C1(C)C. The van der Waals surface area contributed by atoms with E-state index in [1.807, 2.05) is 30.5 Å². The van der Waals surface area contributed by atoms with Crippen LogP contribution in [-0.4, -0.2) is 24.0 Å². The Labute approximate surface area is 253 Å². The number of hydrogen-bond donors (Lipinski definition) is 1. The minimum absolute atomic E-state index is 0.210. The number of pyridine rings is 2. The van der Waals surface area contributed by atoms with Crippen molar-refractivity contribution < 1.29 is 9.84 Å². The highest BCUT2D eigenvalue weighted by atomic mass is 16.5. The molecule has 0 spiro atoms. The second-order valence-electron chi connectivity index (χ2n) is 12.9. The number of aromatic nitrogens is 4. The van der Waals surface area contributed by atoms with Crippen molar-refractivity contribution in [3.05, 3.63) is 115 Å². The molecule has 0 atom stereocenters. The summed E-state index contributed by atoms with van der Waals surface area (Å²) < 4.78 is 11.2. The summed E-state index contributed by atoms with van der Waals surface area (Å²) in [7, 11) is 0. The van der Waals surface area contributed by atoms with Gasteiger partial charge in [-0.15, -0.1) is 0 Å². The number of para-hydroxylation sites is 2. The Morgan fingerprint density at radius 2 is 1.45 bits per heavy atom. The standard InChI is InChI=1S/C38H30N4O2/c1-37(2)28-17-8-15-26-25-14-9-19-30(43)31(25)35-40-36(33(38(37,3)4)42(35)32(26)28)44-23-12-7-11-22(21-23)41-29-18-6-5-13-24(29)27-16-10-20-39-34(27)41/h5-21,43H,1-4H3. The molecule has 9 rings (SSSR count). The number of ether oxygens (including phenoxy) is 1. The van der Waals surface area contributed by atoms with Gasteiger partial charge in [0, 0.05) is 39.3 Å². The second kappa shape index (κ2) is 8.38. The molecule has 5 heterocycles. The zero-order valence-corrected chi connectivity index (χ0v) is 25.0. The first-order valence-corrected chi connectivity index (χ1v) is 15.0. The van der Waals surface area contributed by atoms with Crippen LogP contribution in [0.5, 0.6) is 17.4 Å². The van der Waals surface area contributed by atoms with Crippen LogP contribution in [0.25, 0.3) is 54.9 Å². The van der Waals surface area contributed by atoms with Crippen molar-refractivity contribution in [2.24, 2.45) is 0 Å². The van der Waals surface area contributed by atoms with Crippen LogP contribution in [0.1, 0.15) is 39.0 Å². The summed E-state index contributed by atoms with van der Waals surface area (Å²) in [5, 5.41) is 16.2. The predicted molar refractivity (Wildman–Crippen MR) is 177 cm³/mol. The Bertz CT molecular complexity index is 2450. The fraction of sp³-hybridized carbons (Fsp3) is 0.158. The van der Waals surface area contributed by atoms with Crippen LogP contribution in [-0.2, 0) is 10.8 Å². The molecular weight excluding hydrogens is 544 g/mol. The number of hydrogen-bond acceptors (Lipinski definition) is 4. The Morgan fingerprint density at radius 1 is 0.705 bits per heavy atom. The molecule has 0 fully saturated rings. The van der Waals surface area contributed by atoms with Crippen molar-refractivity contribution >= 4 is 49.3 Å². The molecule has 1 N–H and O–H groups in total. The molecule has 4 aromatic heterocycles. The second-order valence-corrected chi connectivity index (χ2v) is 12.9. The Hall–Kier alpha value is -5.36. The fourth-order valence-electron chi connectivity index (χ4n) is 7.40. The van der Waals surface area contributed by atoms with Crippen LogP contribution < -0.4 is 4.74 Å². The van der Waals surface area contributed by atoms with Gasteiger partial charge in [0.05, 0.1) is 27.8 Å². The maximum Gasteiger partial charge on any atom is 0.242 e. The molecule has 1 aliphatic heterocycles. The highest BCUT2D eigenvalue weighted by molar-refractivity contribution is 6.15. The van der Waals surface area contributed by atoms with Gasteiger partial charge >= 0.3 is 0 Å². The quantitative estimate of drug-likeness (QED) is 0.214. The van der Waals surface area contributed by atoms with E-state index < -0.39 is 0 Å². The molecule has 0 bridgehead atoms. The first-order valence-electron chi connectivity index (χ1n) is 15.0. The van der Waals surface area contributed by atoms with Gasteiger partial charge in [-0.3, -0.25) is 8.97 Å². The molecule has 1 aliphatic rings. The van der Waals surface area contributed by atoms with Crippen molar-refractivity contribution in [1.29, 1.82) is 0 Å². The molecule has 6 nitrogen and oxygen atoms in total. The maximum absolute atomic E-state index is 11.2. The minimum Gasteiger partial charge on any atom is -0.507 e. The maximum atomic E-state index is 11.2. The van der Waals surface area contributed by atoms with Gasteiger partial charge < -0.3 is 9.84 Å². The zero-order valence-electron chi connectivity index (χ0n) is 25.0. The van der Waals surface area contributed by atoms with Crippen LogP contribution in [0, 0.1) is 0 Å². The van der Waals surface area contributed by atoms with Crippen LogP contribution >= 0.6 is 0 Å². The average Bonchev–Trinajstić information content (AvgIpc) is 3.57. The molecule has 0 radical (unpaired) electrons. The Balaban J connectivity index is 1.31. The van der Waals surface area contributed by atoms with E-state index >= 15 is 0 Å². The lowest BCUT2D eigenvalue weighted by Gasteiger charge is -2.45. The number of rotatable bonds is 3. The van der Waals surface area contributed by atoms with E-state index in [1.54, 1.807) is 6.07 Å². The van der Waals surface area contributed by atoms with E-state index in [-0.39, 0.29) is 16.6 Å². The zero-order chi connectivity index (χ0) is 30.0. The van der Waals surface area contributed by atoms with Crippen molar-refractivity contribution in [3.8, 4) is 23.1 Å². The summed E-state index contributed by atoms with van der Waals surface area (Å²) in [6.07, 6.45) is 1.83. The van der Waals surface area contributed by atoms with Gasteiger partial charge in [0.25, 0.3) is 0 Å². The molecule has 0 aliphatic carbocycles. The molecule has 0 unspecified atom stereocenters. The van der Waals surface area contributed by atoms with Crippen molar-refractivity contribution in [3.63, 3.8) is 0 Å². The molecule has 6 heteroatoms. The molecule has 0 saturated carbocycles. The number of nitrogens with zero attached hydrogens (tertiary/aromatic N) is 4. The van der Waals surface area contributed by atoms with Gasteiger partial charge in [-0.05, 0) is 47.3 Å². The minimum atomic E-state index is -0.352. The number of phenolic OH excluding ortho intramolecular Hbond substituents is 1.